The van der Waals surface area contributed by atoms with Crippen molar-refractivity contribution in [3.63, 3.8) is 0 Å². The Morgan fingerprint density at radius 3 is 2.32 bits per heavy atom. The third-order valence-electron chi connectivity index (χ3n) is 4.63. The van der Waals surface area contributed by atoms with Crippen LogP contribution in [0.15, 0.2) is 30.3 Å². The van der Waals surface area contributed by atoms with Crippen molar-refractivity contribution in [2.75, 3.05) is 0 Å². The number of ether oxygens (including phenoxy) is 1. The molecular weight excluding hydrogens is 318 g/mol. The molecule has 3 atom stereocenters. The van der Waals surface area contributed by atoms with Crippen molar-refractivity contribution in [2.24, 2.45) is 11.7 Å². The Morgan fingerprint density at radius 1 is 1.12 bits per heavy atom. The number of hydrogen-bond donors (Lipinski definition) is 3. The summed E-state index contributed by atoms with van der Waals surface area (Å²) in [6.45, 7) is 4.07. The van der Waals surface area contributed by atoms with Crippen LogP contribution >= 0.6 is 0 Å². The van der Waals surface area contributed by atoms with Crippen LogP contribution in [-0.2, 0) is 16.1 Å². The summed E-state index contributed by atoms with van der Waals surface area (Å²) in [5, 5.41) is 5.89. The summed E-state index contributed by atoms with van der Waals surface area (Å²) >= 11 is 0. The minimum atomic E-state index is -0.535. The van der Waals surface area contributed by atoms with Crippen molar-refractivity contribution in [3.05, 3.63) is 35.9 Å². The molecule has 1 aromatic carbocycles. The van der Waals surface area contributed by atoms with E-state index in [-0.39, 0.29) is 30.5 Å². The third kappa shape index (κ3) is 6.05. The minimum Gasteiger partial charge on any atom is -0.445 e. The summed E-state index contributed by atoms with van der Waals surface area (Å²) in [6.07, 6.45) is 3.25. The third-order valence-corrected chi connectivity index (χ3v) is 4.63. The molecule has 1 aromatic rings. The SMILES string of the molecule is CC(C)[C@H](N)C(=O)NC1CCCCC1NC(=O)OCc1ccccc1. The van der Waals surface area contributed by atoms with Gasteiger partial charge in [0.1, 0.15) is 6.61 Å². The summed E-state index contributed by atoms with van der Waals surface area (Å²) < 4.78 is 5.28. The summed E-state index contributed by atoms with van der Waals surface area (Å²) in [5.41, 5.74) is 6.85. The molecule has 2 amide bonds. The van der Waals surface area contributed by atoms with E-state index in [0.29, 0.717) is 0 Å². The van der Waals surface area contributed by atoms with Crippen LogP contribution in [-0.4, -0.2) is 30.1 Å². The van der Waals surface area contributed by atoms with Crippen molar-refractivity contribution < 1.29 is 14.3 Å². The molecule has 0 heterocycles. The van der Waals surface area contributed by atoms with Crippen molar-refractivity contribution in [1.82, 2.24) is 10.6 Å². The second kappa shape index (κ2) is 9.42. The van der Waals surface area contributed by atoms with E-state index >= 15 is 0 Å². The lowest BCUT2D eigenvalue weighted by molar-refractivity contribution is -0.124. The first-order valence-corrected chi connectivity index (χ1v) is 9.00. The molecule has 2 rings (SSSR count). The molecule has 6 nitrogen and oxygen atoms in total. The fourth-order valence-electron chi connectivity index (χ4n) is 2.97. The number of alkyl carbamates (subject to hydrolysis) is 1. The number of amides is 2. The number of nitrogens with two attached hydrogens (primary N) is 1. The van der Waals surface area contributed by atoms with E-state index in [9.17, 15) is 9.59 Å². The zero-order valence-electron chi connectivity index (χ0n) is 15.0. The quantitative estimate of drug-likeness (QED) is 0.736. The van der Waals surface area contributed by atoms with Crippen LogP contribution in [0.1, 0.15) is 45.1 Å². The Labute approximate surface area is 149 Å². The van der Waals surface area contributed by atoms with Crippen LogP contribution in [0.25, 0.3) is 0 Å². The molecule has 0 radical (unpaired) electrons. The van der Waals surface area contributed by atoms with Crippen LogP contribution < -0.4 is 16.4 Å². The average Bonchev–Trinajstić information content (AvgIpc) is 2.61. The molecular formula is C19H29N3O3. The normalized spacial score (nSPS) is 21.4. The van der Waals surface area contributed by atoms with Gasteiger partial charge in [-0.1, -0.05) is 57.0 Å². The number of carbonyl (C=O) groups excluding carboxylic acids is 2. The number of hydrogen-bond acceptors (Lipinski definition) is 4. The van der Waals surface area contributed by atoms with Crippen molar-refractivity contribution in [1.29, 1.82) is 0 Å². The van der Waals surface area contributed by atoms with Gasteiger partial charge in [0.2, 0.25) is 5.91 Å². The van der Waals surface area contributed by atoms with E-state index in [0.717, 1.165) is 31.2 Å². The van der Waals surface area contributed by atoms with E-state index in [2.05, 4.69) is 10.6 Å². The smallest absolute Gasteiger partial charge is 0.407 e. The van der Waals surface area contributed by atoms with Gasteiger partial charge in [-0.15, -0.1) is 0 Å². The topological polar surface area (TPSA) is 93.5 Å². The van der Waals surface area contributed by atoms with Gasteiger partial charge < -0.3 is 21.1 Å². The first kappa shape index (κ1) is 19.2. The van der Waals surface area contributed by atoms with Gasteiger partial charge in [-0.3, -0.25) is 4.79 Å². The maximum Gasteiger partial charge on any atom is 0.407 e. The van der Waals surface area contributed by atoms with Crippen LogP contribution in [0.5, 0.6) is 0 Å². The number of carbonyl (C=O) groups is 2. The molecule has 0 bridgehead atoms. The Balaban J connectivity index is 1.85. The van der Waals surface area contributed by atoms with Crippen molar-refractivity contribution in [2.45, 2.75) is 64.3 Å². The lowest BCUT2D eigenvalue weighted by Gasteiger charge is -2.33. The molecule has 4 N–H and O–H groups in total. The molecule has 138 valence electrons. The fraction of sp³-hybridized carbons (Fsp3) is 0.579. The van der Waals surface area contributed by atoms with E-state index in [1.54, 1.807) is 0 Å². The molecule has 6 heteroatoms. The predicted octanol–water partition coefficient (Wildman–Crippen LogP) is 2.32. The Hall–Kier alpha value is -2.08. The standard InChI is InChI=1S/C19H29N3O3/c1-13(2)17(20)18(23)21-15-10-6-7-11-16(15)22-19(24)25-12-14-8-4-3-5-9-14/h3-5,8-9,13,15-17H,6-7,10-12,20H2,1-2H3,(H,21,23)(H,22,24)/t15?,16?,17-/m0/s1. The van der Waals surface area contributed by atoms with Crippen LogP contribution in [0.3, 0.4) is 0 Å². The fourth-order valence-corrected chi connectivity index (χ4v) is 2.97. The molecule has 0 aromatic heterocycles. The van der Waals surface area contributed by atoms with Crippen molar-refractivity contribution in [3.8, 4) is 0 Å². The maximum atomic E-state index is 12.2. The molecule has 1 saturated carbocycles. The zero-order chi connectivity index (χ0) is 18.2. The summed E-state index contributed by atoms with van der Waals surface area (Å²) in [4.78, 5) is 24.3. The highest BCUT2D eigenvalue weighted by Gasteiger charge is 2.30. The minimum absolute atomic E-state index is 0.0748. The average molecular weight is 347 g/mol. The van der Waals surface area contributed by atoms with E-state index in [1.165, 1.54) is 0 Å². The van der Waals surface area contributed by atoms with Gasteiger partial charge in [0.15, 0.2) is 0 Å². The molecule has 1 aliphatic carbocycles. The lowest BCUT2D eigenvalue weighted by Crippen LogP contribution is -2.56. The molecule has 2 unspecified atom stereocenters. The molecule has 25 heavy (non-hydrogen) atoms. The van der Waals surface area contributed by atoms with Gasteiger partial charge in [0.05, 0.1) is 12.1 Å². The van der Waals surface area contributed by atoms with Crippen LogP contribution in [0, 0.1) is 5.92 Å². The van der Waals surface area contributed by atoms with Crippen molar-refractivity contribution >= 4 is 12.0 Å². The second-order valence-electron chi connectivity index (χ2n) is 6.98. The van der Waals surface area contributed by atoms with Gasteiger partial charge in [0, 0.05) is 6.04 Å². The number of nitrogens with one attached hydrogen (secondary N) is 2. The van der Waals surface area contributed by atoms with Gasteiger partial charge in [-0.2, -0.15) is 0 Å². The monoisotopic (exact) mass is 347 g/mol. The van der Waals surface area contributed by atoms with E-state index in [1.807, 2.05) is 44.2 Å². The van der Waals surface area contributed by atoms with Gasteiger partial charge in [0.25, 0.3) is 0 Å². The van der Waals surface area contributed by atoms with E-state index < -0.39 is 12.1 Å². The summed E-state index contributed by atoms with van der Waals surface area (Å²) in [5.74, 6) is -0.0859. The molecule has 0 aliphatic heterocycles. The van der Waals surface area contributed by atoms with Gasteiger partial charge in [-0.05, 0) is 24.3 Å². The molecule has 1 fully saturated rings. The molecule has 1 aliphatic rings. The predicted molar refractivity (Wildman–Crippen MR) is 96.8 cm³/mol. The summed E-state index contributed by atoms with van der Waals surface area (Å²) in [7, 11) is 0. The molecule has 0 spiro atoms. The van der Waals surface area contributed by atoms with Gasteiger partial charge in [-0.25, -0.2) is 4.79 Å². The lowest BCUT2D eigenvalue weighted by atomic mass is 9.90. The molecule has 0 saturated heterocycles. The van der Waals surface area contributed by atoms with E-state index in [4.69, 9.17) is 10.5 Å². The number of benzene rings is 1. The zero-order valence-corrected chi connectivity index (χ0v) is 15.0. The van der Waals surface area contributed by atoms with Gasteiger partial charge >= 0.3 is 6.09 Å². The summed E-state index contributed by atoms with van der Waals surface area (Å²) in [6, 6.07) is 8.78. The largest absolute Gasteiger partial charge is 0.445 e. The Kier molecular flexibility index (Phi) is 7.25. The van der Waals surface area contributed by atoms with Crippen LogP contribution in [0.4, 0.5) is 4.79 Å². The first-order chi connectivity index (χ1) is 12.0. The number of rotatable bonds is 6. The highest BCUT2D eigenvalue weighted by molar-refractivity contribution is 5.82. The Morgan fingerprint density at radius 2 is 1.72 bits per heavy atom. The Bertz CT molecular complexity index is 562. The van der Waals surface area contributed by atoms with Crippen LogP contribution in [0.2, 0.25) is 0 Å². The maximum absolute atomic E-state index is 12.2. The second-order valence-corrected chi connectivity index (χ2v) is 6.98. The highest BCUT2D eigenvalue weighted by Crippen LogP contribution is 2.19. The highest BCUT2D eigenvalue weighted by atomic mass is 16.5. The first-order valence-electron chi connectivity index (χ1n) is 9.00.